The highest BCUT2D eigenvalue weighted by Crippen LogP contribution is 2.29. The van der Waals surface area contributed by atoms with Crippen LogP contribution < -0.4 is 5.73 Å². The van der Waals surface area contributed by atoms with Gasteiger partial charge in [-0.2, -0.15) is 11.3 Å². The Hall–Kier alpha value is -0.610. The van der Waals surface area contributed by atoms with Crippen molar-refractivity contribution in [3.8, 4) is 0 Å². The summed E-state index contributed by atoms with van der Waals surface area (Å²) in [7, 11) is 0. The molecule has 0 aliphatic rings. The van der Waals surface area contributed by atoms with Gasteiger partial charge in [0.15, 0.2) is 0 Å². The van der Waals surface area contributed by atoms with Crippen molar-refractivity contribution in [1.82, 2.24) is 0 Å². The van der Waals surface area contributed by atoms with Gasteiger partial charge in [0, 0.05) is 10.6 Å². The van der Waals surface area contributed by atoms with Gasteiger partial charge < -0.3 is 5.73 Å². The molecule has 0 amide bonds. The summed E-state index contributed by atoms with van der Waals surface area (Å²) in [5.41, 5.74) is 7.18. The quantitative estimate of drug-likeness (QED) is 0.882. The minimum absolute atomic E-state index is 0. The predicted molar refractivity (Wildman–Crippen MR) is 69.0 cm³/mol. The molecule has 0 fully saturated rings. The van der Waals surface area contributed by atoms with E-state index in [1.54, 1.807) is 12.1 Å². The first-order chi connectivity index (χ1) is 7.20. The van der Waals surface area contributed by atoms with Gasteiger partial charge in [-0.1, -0.05) is 17.7 Å². The van der Waals surface area contributed by atoms with Gasteiger partial charge in [0.25, 0.3) is 0 Å². The summed E-state index contributed by atoms with van der Waals surface area (Å²) in [6.45, 7) is 0. The zero-order valence-electron chi connectivity index (χ0n) is 8.19. The number of hydrogen-bond acceptors (Lipinski definition) is 2. The normalized spacial score (nSPS) is 11.9. The molecule has 0 bridgehead atoms. The third-order valence-electron chi connectivity index (χ3n) is 2.21. The first kappa shape index (κ1) is 13.5. The summed E-state index contributed by atoms with van der Waals surface area (Å²) in [5, 5.41) is 4.17. The Morgan fingerprint density at radius 3 is 2.62 bits per heavy atom. The molecule has 1 nitrogen and oxygen atoms in total. The SMILES string of the molecule is Cl.N[C@H](c1ccsc1)c1c(F)cccc1Cl. The molecule has 1 aromatic heterocycles. The lowest BCUT2D eigenvalue weighted by molar-refractivity contribution is 0.600. The highest BCUT2D eigenvalue weighted by atomic mass is 35.5. The van der Waals surface area contributed by atoms with Gasteiger partial charge in [0.05, 0.1) is 6.04 Å². The van der Waals surface area contributed by atoms with Crippen molar-refractivity contribution in [2.45, 2.75) is 6.04 Å². The second kappa shape index (κ2) is 5.64. The van der Waals surface area contributed by atoms with Crippen LogP contribution in [0.15, 0.2) is 35.0 Å². The standard InChI is InChI=1S/C11H9ClFNS.ClH/c12-8-2-1-3-9(13)10(8)11(14)7-4-5-15-6-7;/h1-6,11H,14H2;1H/t11-;/m1./s1. The van der Waals surface area contributed by atoms with Gasteiger partial charge in [0.2, 0.25) is 0 Å². The maximum atomic E-state index is 13.5. The van der Waals surface area contributed by atoms with E-state index in [2.05, 4.69) is 0 Å². The average molecular weight is 278 g/mol. The smallest absolute Gasteiger partial charge is 0.129 e. The number of benzene rings is 1. The van der Waals surface area contributed by atoms with Crippen molar-refractivity contribution < 1.29 is 4.39 Å². The molecule has 2 rings (SSSR count). The number of nitrogens with two attached hydrogens (primary N) is 1. The summed E-state index contributed by atoms with van der Waals surface area (Å²) in [4.78, 5) is 0. The van der Waals surface area contributed by atoms with Gasteiger partial charge in [0.1, 0.15) is 5.82 Å². The van der Waals surface area contributed by atoms with Crippen LogP contribution in [0.5, 0.6) is 0 Å². The molecule has 0 unspecified atom stereocenters. The van der Waals surface area contributed by atoms with Crippen LogP contribution in [0, 0.1) is 5.82 Å². The molecule has 1 atom stereocenters. The second-order valence-electron chi connectivity index (χ2n) is 3.17. The van der Waals surface area contributed by atoms with Crippen molar-refractivity contribution in [3.05, 3.63) is 57.0 Å². The maximum absolute atomic E-state index is 13.5. The highest BCUT2D eigenvalue weighted by Gasteiger charge is 2.16. The second-order valence-corrected chi connectivity index (χ2v) is 4.36. The zero-order valence-corrected chi connectivity index (χ0v) is 10.6. The number of thiophene rings is 1. The van der Waals surface area contributed by atoms with E-state index in [-0.39, 0.29) is 18.2 Å². The fraction of sp³-hybridized carbons (Fsp3) is 0.0909. The molecule has 0 aliphatic heterocycles. The Kier molecular flexibility index (Phi) is 4.74. The Balaban J connectivity index is 0.00000128. The van der Waals surface area contributed by atoms with Crippen molar-refractivity contribution >= 4 is 35.3 Å². The van der Waals surface area contributed by atoms with E-state index in [0.29, 0.717) is 10.6 Å². The maximum Gasteiger partial charge on any atom is 0.129 e. The van der Waals surface area contributed by atoms with Crippen LogP contribution in [0.4, 0.5) is 4.39 Å². The largest absolute Gasteiger partial charge is 0.320 e. The van der Waals surface area contributed by atoms with E-state index in [4.69, 9.17) is 17.3 Å². The Morgan fingerprint density at radius 2 is 2.06 bits per heavy atom. The minimum Gasteiger partial charge on any atom is -0.320 e. The fourth-order valence-corrected chi connectivity index (χ4v) is 2.40. The summed E-state index contributed by atoms with van der Waals surface area (Å²) in [5.74, 6) is -0.360. The molecule has 2 aromatic rings. The summed E-state index contributed by atoms with van der Waals surface area (Å²) >= 11 is 7.45. The molecule has 0 spiro atoms. The molecule has 16 heavy (non-hydrogen) atoms. The van der Waals surface area contributed by atoms with Gasteiger partial charge in [-0.3, -0.25) is 0 Å². The lowest BCUT2D eigenvalue weighted by Crippen LogP contribution is -2.13. The van der Waals surface area contributed by atoms with Crippen molar-refractivity contribution in [3.63, 3.8) is 0 Å². The van der Waals surface area contributed by atoms with Crippen LogP contribution >= 0.6 is 35.3 Å². The first-order valence-electron chi connectivity index (χ1n) is 4.41. The van der Waals surface area contributed by atoms with E-state index in [1.807, 2.05) is 16.8 Å². The molecule has 1 aromatic carbocycles. The topological polar surface area (TPSA) is 26.0 Å². The molecular formula is C11H10Cl2FNS. The lowest BCUT2D eigenvalue weighted by atomic mass is 10.0. The predicted octanol–water partition coefficient (Wildman–Crippen LogP) is 4.01. The van der Waals surface area contributed by atoms with E-state index in [1.165, 1.54) is 17.4 Å². The van der Waals surface area contributed by atoms with E-state index < -0.39 is 6.04 Å². The van der Waals surface area contributed by atoms with Crippen LogP contribution in [0.3, 0.4) is 0 Å². The Labute approximate surface area is 108 Å². The highest BCUT2D eigenvalue weighted by molar-refractivity contribution is 7.08. The van der Waals surface area contributed by atoms with Crippen LogP contribution in [-0.4, -0.2) is 0 Å². The lowest BCUT2D eigenvalue weighted by Gasteiger charge is -2.13. The van der Waals surface area contributed by atoms with Crippen LogP contribution in [-0.2, 0) is 0 Å². The van der Waals surface area contributed by atoms with E-state index in [9.17, 15) is 4.39 Å². The van der Waals surface area contributed by atoms with Crippen LogP contribution in [0.25, 0.3) is 0 Å². The zero-order chi connectivity index (χ0) is 10.8. The van der Waals surface area contributed by atoms with Gasteiger partial charge in [-0.25, -0.2) is 4.39 Å². The van der Waals surface area contributed by atoms with Crippen LogP contribution in [0.1, 0.15) is 17.2 Å². The monoisotopic (exact) mass is 277 g/mol. The molecule has 0 aliphatic carbocycles. The number of halogens is 3. The fourth-order valence-electron chi connectivity index (χ4n) is 1.43. The van der Waals surface area contributed by atoms with Crippen molar-refractivity contribution in [1.29, 1.82) is 0 Å². The molecule has 0 radical (unpaired) electrons. The molecule has 1 heterocycles. The summed E-state index contributed by atoms with van der Waals surface area (Å²) < 4.78 is 13.5. The number of hydrogen-bond donors (Lipinski definition) is 1. The van der Waals surface area contributed by atoms with Crippen LogP contribution in [0.2, 0.25) is 5.02 Å². The number of rotatable bonds is 2. The average Bonchev–Trinajstić information content (AvgIpc) is 2.69. The third-order valence-corrected chi connectivity index (χ3v) is 3.24. The molecule has 5 heteroatoms. The van der Waals surface area contributed by atoms with Crippen molar-refractivity contribution in [2.24, 2.45) is 5.73 Å². The molecule has 86 valence electrons. The van der Waals surface area contributed by atoms with Gasteiger partial charge >= 0.3 is 0 Å². The summed E-state index contributed by atoms with van der Waals surface area (Å²) in [6, 6.07) is 5.96. The Morgan fingerprint density at radius 1 is 1.31 bits per heavy atom. The van der Waals surface area contributed by atoms with E-state index >= 15 is 0 Å². The summed E-state index contributed by atoms with van der Waals surface area (Å²) in [6.07, 6.45) is 0. The van der Waals surface area contributed by atoms with E-state index in [0.717, 1.165) is 5.56 Å². The third kappa shape index (κ3) is 2.55. The molecule has 2 N–H and O–H groups in total. The molecule has 0 saturated carbocycles. The Bertz CT molecular complexity index is 439. The van der Waals surface area contributed by atoms with Crippen molar-refractivity contribution in [2.75, 3.05) is 0 Å². The van der Waals surface area contributed by atoms with Gasteiger partial charge in [-0.05, 0) is 34.5 Å². The minimum atomic E-state index is -0.495. The van der Waals surface area contributed by atoms with Gasteiger partial charge in [-0.15, -0.1) is 12.4 Å². The molecular weight excluding hydrogens is 268 g/mol. The molecule has 0 saturated heterocycles. The first-order valence-corrected chi connectivity index (χ1v) is 5.74.